The van der Waals surface area contributed by atoms with Gasteiger partial charge in [0.15, 0.2) is 0 Å². The number of hydrogen-bond acceptors (Lipinski definition) is 4. The number of urea groups is 1. The first-order valence-corrected chi connectivity index (χ1v) is 12.1. The fourth-order valence-electron chi connectivity index (χ4n) is 3.76. The molecule has 0 spiro atoms. The van der Waals surface area contributed by atoms with Gasteiger partial charge in [-0.1, -0.05) is 12.1 Å². The first kappa shape index (κ1) is 25.4. The highest BCUT2D eigenvalue weighted by atomic mass is 79.9. The summed E-state index contributed by atoms with van der Waals surface area (Å²) in [4.78, 5) is 36.6. The molecule has 10 heteroatoms. The van der Waals surface area contributed by atoms with Crippen LogP contribution in [0.1, 0.15) is 45.6 Å². The third kappa shape index (κ3) is 5.76. The molecule has 1 heterocycles. The zero-order valence-corrected chi connectivity index (χ0v) is 21.3. The summed E-state index contributed by atoms with van der Waals surface area (Å²) in [5, 5.41) is 14.9. The van der Waals surface area contributed by atoms with E-state index in [2.05, 4.69) is 26.6 Å². The minimum atomic E-state index is -1.09. The van der Waals surface area contributed by atoms with Crippen LogP contribution in [0.3, 0.4) is 0 Å². The van der Waals surface area contributed by atoms with Gasteiger partial charge in [-0.15, -0.1) is 0 Å². The average Bonchev–Trinajstić information content (AvgIpc) is 3.65. The van der Waals surface area contributed by atoms with E-state index in [0.29, 0.717) is 22.5 Å². The summed E-state index contributed by atoms with van der Waals surface area (Å²) in [6.07, 6.45) is 1.92. The van der Waals surface area contributed by atoms with Crippen LogP contribution in [0.25, 0.3) is 5.69 Å². The molecule has 8 nitrogen and oxygen atoms in total. The molecule has 1 aromatic heterocycles. The number of aromatic carboxylic acids is 1. The van der Waals surface area contributed by atoms with Crippen LogP contribution in [-0.2, 0) is 13.2 Å². The fraction of sp³-hybridized carbons (Fsp3) is 0.269. The lowest BCUT2D eigenvalue weighted by atomic mass is 10.1. The highest BCUT2D eigenvalue weighted by Crippen LogP contribution is 2.27. The zero-order chi connectivity index (χ0) is 26.0. The van der Waals surface area contributed by atoms with E-state index in [4.69, 9.17) is 4.74 Å². The highest BCUT2D eigenvalue weighted by molar-refractivity contribution is 9.10. The van der Waals surface area contributed by atoms with Gasteiger partial charge >= 0.3 is 12.0 Å². The van der Waals surface area contributed by atoms with Crippen molar-refractivity contribution < 1.29 is 23.8 Å². The Bertz CT molecular complexity index is 1400. The van der Waals surface area contributed by atoms with Gasteiger partial charge in [0, 0.05) is 24.3 Å². The largest absolute Gasteiger partial charge is 0.487 e. The van der Waals surface area contributed by atoms with Crippen LogP contribution in [0.4, 0.5) is 9.18 Å². The van der Waals surface area contributed by atoms with Gasteiger partial charge < -0.3 is 20.5 Å². The van der Waals surface area contributed by atoms with Crippen LogP contribution < -0.4 is 20.9 Å². The van der Waals surface area contributed by atoms with E-state index in [1.54, 1.807) is 32.0 Å². The first-order chi connectivity index (χ1) is 17.1. The van der Waals surface area contributed by atoms with Crippen LogP contribution in [0.15, 0.2) is 51.7 Å². The van der Waals surface area contributed by atoms with Gasteiger partial charge in [0.25, 0.3) is 5.56 Å². The second-order valence-electron chi connectivity index (χ2n) is 8.71. The number of carboxylic acid groups (broad SMARTS) is 1. The SMILES string of the molecule is Cc1ccc(C(=O)O)cc1-n1c(C)cc(OCc2ccc(F)cc2CNC(=O)NC2CC2)c(Br)c1=O. The number of halogens is 2. The maximum atomic E-state index is 13.9. The molecule has 0 aliphatic heterocycles. The van der Waals surface area contributed by atoms with Crippen LogP contribution in [0.5, 0.6) is 5.75 Å². The Labute approximate surface area is 215 Å². The molecule has 1 aliphatic carbocycles. The van der Waals surface area contributed by atoms with E-state index >= 15 is 0 Å². The van der Waals surface area contributed by atoms with Crippen LogP contribution >= 0.6 is 15.9 Å². The number of ether oxygens (including phenoxy) is 1. The molecule has 2 aromatic carbocycles. The smallest absolute Gasteiger partial charge is 0.335 e. The van der Waals surface area contributed by atoms with E-state index in [9.17, 15) is 23.9 Å². The molecular weight excluding hydrogens is 533 g/mol. The number of nitrogens with zero attached hydrogens (tertiary/aromatic N) is 1. The van der Waals surface area contributed by atoms with Gasteiger partial charge in [-0.25, -0.2) is 14.0 Å². The van der Waals surface area contributed by atoms with E-state index in [1.807, 2.05) is 0 Å². The summed E-state index contributed by atoms with van der Waals surface area (Å²) in [5.74, 6) is -1.23. The van der Waals surface area contributed by atoms with Gasteiger partial charge in [0.05, 0.1) is 11.3 Å². The van der Waals surface area contributed by atoms with E-state index in [-0.39, 0.29) is 41.0 Å². The highest BCUT2D eigenvalue weighted by Gasteiger charge is 2.23. The molecule has 1 aliphatic rings. The van der Waals surface area contributed by atoms with Gasteiger partial charge in [-0.3, -0.25) is 9.36 Å². The quantitative estimate of drug-likeness (QED) is 0.375. The number of carbonyl (C=O) groups is 2. The fourth-order valence-corrected chi connectivity index (χ4v) is 4.17. The van der Waals surface area contributed by atoms with Crippen LogP contribution in [0, 0.1) is 19.7 Å². The third-order valence-electron chi connectivity index (χ3n) is 5.90. The Balaban J connectivity index is 1.56. The molecule has 0 saturated heterocycles. The van der Waals surface area contributed by atoms with E-state index in [1.165, 1.54) is 28.8 Å². The Morgan fingerprint density at radius 3 is 2.58 bits per heavy atom. The molecule has 0 unspecified atom stereocenters. The Morgan fingerprint density at radius 1 is 1.14 bits per heavy atom. The standard InChI is InChI=1S/C26H25BrFN3O5/c1-14-3-4-16(25(33)34)11-21(14)31-15(2)9-22(23(27)24(31)32)36-13-17-5-6-19(28)10-18(17)12-29-26(35)30-20-7-8-20/h3-6,9-11,20H,7-8,12-13H2,1-2H3,(H,33,34)(H2,29,30,35). The van der Waals surface area contributed by atoms with Crippen molar-refractivity contribution in [3.05, 3.63) is 91.1 Å². The second kappa shape index (κ2) is 10.5. The number of benzene rings is 2. The molecule has 188 valence electrons. The molecule has 4 rings (SSSR count). The predicted molar refractivity (Wildman–Crippen MR) is 135 cm³/mol. The van der Waals surface area contributed by atoms with Gasteiger partial charge in [-0.05, 0) is 83.6 Å². The number of nitrogens with one attached hydrogen (secondary N) is 2. The third-order valence-corrected chi connectivity index (χ3v) is 6.63. The molecule has 1 saturated carbocycles. The van der Waals surface area contributed by atoms with E-state index in [0.717, 1.165) is 18.4 Å². The average molecular weight is 558 g/mol. The molecule has 0 radical (unpaired) electrons. The number of carbonyl (C=O) groups excluding carboxylic acids is 1. The molecule has 2 amide bonds. The lowest BCUT2D eigenvalue weighted by Gasteiger charge is -2.17. The summed E-state index contributed by atoms with van der Waals surface area (Å²) < 4.78 is 21.4. The first-order valence-electron chi connectivity index (χ1n) is 11.3. The topological polar surface area (TPSA) is 110 Å². The lowest BCUT2D eigenvalue weighted by molar-refractivity contribution is 0.0696. The lowest BCUT2D eigenvalue weighted by Crippen LogP contribution is -2.36. The molecule has 1 fully saturated rings. The summed E-state index contributed by atoms with van der Waals surface area (Å²) in [7, 11) is 0. The molecule has 36 heavy (non-hydrogen) atoms. The molecular formula is C26H25BrFN3O5. The van der Waals surface area contributed by atoms with Gasteiger partial charge in [-0.2, -0.15) is 0 Å². The van der Waals surface area contributed by atoms with Crippen molar-refractivity contribution in [1.29, 1.82) is 0 Å². The minimum Gasteiger partial charge on any atom is -0.487 e. The summed E-state index contributed by atoms with van der Waals surface area (Å²) in [6.45, 7) is 3.67. The molecule has 0 bridgehead atoms. The summed E-state index contributed by atoms with van der Waals surface area (Å²) in [6, 6.07) is 10.4. The van der Waals surface area contributed by atoms with Crippen molar-refractivity contribution in [3.8, 4) is 11.4 Å². The molecule has 3 N–H and O–H groups in total. The van der Waals surface area contributed by atoms with Gasteiger partial charge in [0.2, 0.25) is 0 Å². The van der Waals surface area contributed by atoms with E-state index < -0.39 is 17.3 Å². The monoisotopic (exact) mass is 557 g/mol. The second-order valence-corrected chi connectivity index (χ2v) is 9.51. The maximum absolute atomic E-state index is 13.9. The van der Waals surface area contributed by atoms with Crippen molar-refractivity contribution in [2.75, 3.05) is 0 Å². The van der Waals surface area contributed by atoms with Crippen LogP contribution in [-0.4, -0.2) is 27.7 Å². The number of rotatable bonds is 8. The minimum absolute atomic E-state index is 0.0383. The number of aryl methyl sites for hydroxylation is 2. The number of amides is 2. The number of aromatic nitrogens is 1. The van der Waals surface area contributed by atoms with Gasteiger partial charge in [0.1, 0.15) is 22.6 Å². The predicted octanol–water partition coefficient (Wildman–Crippen LogP) is 4.59. The number of carboxylic acids is 1. The normalized spacial score (nSPS) is 12.8. The van der Waals surface area contributed by atoms with Crippen molar-refractivity contribution in [2.45, 2.75) is 45.9 Å². The Hall–Kier alpha value is -3.66. The van der Waals surface area contributed by atoms with Crippen molar-refractivity contribution >= 4 is 27.9 Å². The van der Waals surface area contributed by atoms with Crippen molar-refractivity contribution in [1.82, 2.24) is 15.2 Å². The van der Waals surface area contributed by atoms with Crippen molar-refractivity contribution in [3.63, 3.8) is 0 Å². The Morgan fingerprint density at radius 2 is 1.89 bits per heavy atom. The summed E-state index contributed by atoms with van der Waals surface area (Å²) >= 11 is 3.32. The number of pyridine rings is 1. The Kier molecular flexibility index (Phi) is 7.44. The maximum Gasteiger partial charge on any atom is 0.335 e. The van der Waals surface area contributed by atoms with Crippen LogP contribution in [0.2, 0.25) is 0 Å². The summed E-state index contributed by atoms with van der Waals surface area (Å²) in [5.41, 5.74) is 2.61. The molecule has 3 aromatic rings. The van der Waals surface area contributed by atoms with Crippen molar-refractivity contribution in [2.24, 2.45) is 0 Å². The zero-order valence-electron chi connectivity index (χ0n) is 19.7. The number of hydrogen-bond donors (Lipinski definition) is 3. The molecule has 0 atom stereocenters.